The van der Waals surface area contributed by atoms with Crippen LogP contribution in [0, 0.1) is 0 Å². The van der Waals surface area contributed by atoms with E-state index in [-0.39, 0.29) is 28.3 Å². The molecule has 1 aromatic heterocycles. The molecule has 0 aliphatic heterocycles. The lowest BCUT2D eigenvalue weighted by molar-refractivity contribution is -0.136. The lowest BCUT2D eigenvalue weighted by Gasteiger charge is -2.16. The highest BCUT2D eigenvalue weighted by Gasteiger charge is 2.34. The molecule has 0 saturated heterocycles. The highest BCUT2D eigenvalue weighted by Crippen LogP contribution is 2.39. The molecule has 184 valence electrons. The minimum absolute atomic E-state index is 0.164. The maximum atomic E-state index is 13.7. The molecule has 0 aliphatic carbocycles. The zero-order chi connectivity index (χ0) is 25.7. The summed E-state index contributed by atoms with van der Waals surface area (Å²) in [6, 6.07) is 18.6. The van der Waals surface area contributed by atoms with Crippen LogP contribution in [0.3, 0.4) is 0 Å². The van der Waals surface area contributed by atoms with Crippen LogP contribution in [-0.2, 0) is 6.18 Å². The van der Waals surface area contributed by atoms with Gasteiger partial charge in [-0.2, -0.15) is 13.2 Å². The number of hydrogen-bond acceptors (Lipinski definition) is 3. The molecular weight excluding hydrogens is 467 g/mol. The summed E-state index contributed by atoms with van der Waals surface area (Å²) >= 11 is 0. The van der Waals surface area contributed by atoms with Crippen LogP contribution in [0.4, 0.5) is 23.7 Å². The lowest BCUT2D eigenvalue weighted by Crippen LogP contribution is -2.29. The number of urea groups is 1. The second-order valence-corrected chi connectivity index (χ2v) is 8.26. The standard InChI is InChI=1S/C28H24F3N3O2/c1-2-3-15-32-27(36)34-20-12-7-11-19(16-20)24-21-13-8-14-23(28(29,30)31)25(21)33-17-22(24)26(35)18-9-5-4-6-10-18/h4-14,16-17H,2-3,15H2,1H3,(H2,32,34,36). The number of halogens is 3. The second kappa shape index (κ2) is 10.6. The van der Waals surface area contributed by atoms with Gasteiger partial charge in [0.1, 0.15) is 0 Å². The molecule has 8 heteroatoms. The van der Waals surface area contributed by atoms with Crippen molar-refractivity contribution in [1.82, 2.24) is 10.3 Å². The molecule has 5 nitrogen and oxygen atoms in total. The van der Waals surface area contributed by atoms with Crippen molar-refractivity contribution in [2.75, 3.05) is 11.9 Å². The summed E-state index contributed by atoms with van der Waals surface area (Å²) in [7, 11) is 0. The van der Waals surface area contributed by atoms with E-state index in [1.807, 2.05) is 6.92 Å². The Morgan fingerprint density at radius 3 is 2.42 bits per heavy atom. The van der Waals surface area contributed by atoms with Crippen molar-refractivity contribution in [3.05, 3.63) is 95.7 Å². The summed E-state index contributed by atoms with van der Waals surface area (Å²) in [5.41, 5.74) is 0.651. The third kappa shape index (κ3) is 5.38. The first kappa shape index (κ1) is 24.9. The van der Waals surface area contributed by atoms with Gasteiger partial charge in [0.05, 0.1) is 11.1 Å². The Bertz CT molecular complexity index is 1400. The Kier molecular flexibility index (Phi) is 7.33. The Balaban J connectivity index is 1.87. The Morgan fingerprint density at radius 2 is 1.69 bits per heavy atom. The van der Waals surface area contributed by atoms with Gasteiger partial charge < -0.3 is 10.6 Å². The van der Waals surface area contributed by atoms with Gasteiger partial charge in [-0.1, -0.05) is 67.9 Å². The number of alkyl halides is 3. The van der Waals surface area contributed by atoms with Crippen LogP contribution in [0.2, 0.25) is 0 Å². The van der Waals surface area contributed by atoms with Gasteiger partial charge in [0, 0.05) is 40.5 Å². The molecule has 0 atom stereocenters. The SMILES string of the molecule is CCCCNC(=O)Nc1cccc(-c2c(C(=O)c3ccccc3)cnc3c(C(F)(F)F)cccc23)c1. The first-order valence-corrected chi connectivity index (χ1v) is 11.5. The minimum atomic E-state index is -4.62. The number of ketones is 1. The number of aromatic nitrogens is 1. The average Bonchev–Trinajstić information content (AvgIpc) is 2.87. The largest absolute Gasteiger partial charge is 0.418 e. The zero-order valence-electron chi connectivity index (χ0n) is 19.5. The number of rotatable bonds is 7. The third-order valence-corrected chi connectivity index (χ3v) is 5.71. The number of amides is 2. The van der Waals surface area contributed by atoms with E-state index in [9.17, 15) is 22.8 Å². The molecule has 0 aliphatic rings. The van der Waals surface area contributed by atoms with Crippen LogP contribution in [0.25, 0.3) is 22.0 Å². The number of fused-ring (bicyclic) bond motifs is 1. The van der Waals surface area contributed by atoms with Crippen LogP contribution in [0.1, 0.15) is 41.3 Å². The maximum absolute atomic E-state index is 13.7. The summed E-state index contributed by atoms with van der Waals surface area (Å²) < 4.78 is 41.2. The number of anilines is 1. The quantitative estimate of drug-likeness (QED) is 0.214. The first-order chi connectivity index (χ1) is 17.3. The van der Waals surface area contributed by atoms with Crippen molar-refractivity contribution in [3.63, 3.8) is 0 Å². The molecule has 4 aromatic rings. The molecule has 3 aromatic carbocycles. The Labute approximate surface area is 206 Å². The molecule has 0 spiro atoms. The number of carbonyl (C=O) groups is 2. The number of hydrogen-bond donors (Lipinski definition) is 2. The summed E-state index contributed by atoms with van der Waals surface area (Å²) in [5.74, 6) is -0.368. The van der Waals surface area contributed by atoms with Gasteiger partial charge in [0.15, 0.2) is 5.78 Å². The van der Waals surface area contributed by atoms with Crippen LogP contribution in [0.15, 0.2) is 79.0 Å². The fourth-order valence-corrected chi connectivity index (χ4v) is 3.99. The normalized spacial score (nSPS) is 11.3. The van der Waals surface area contributed by atoms with Crippen molar-refractivity contribution in [1.29, 1.82) is 0 Å². The molecular formula is C28H24F3N3O2. The van der Waals surface area contributed by atoms with Crippen LogP contribution >= 0.6 is 0 Å². The van der Waals surface area contributed by atoms with Gasteiger partial charge >= 0.3 is 12.2 Å². The van der Waals surface area contributed by atoms with E-state index in [0.717, 1.165) is 18.9 Å². The number of carbonyl (C=O) groups excluding carboxylic acids is 2. The van der Waals surface area contributed by atoms with E-state index in [4.69, 9.17) is 0 Å². The van der Waals surface area contributed by atoms with E-state index < -0.39 is 11.7 Å². The first-order valence-electron chi connectivity index (χ1n) is 11.5. The summed E-state index contributed by atoms with van der Waals surface area (Å²) in [6.45, 7) is 2.54. The lowest BCUT2D eigenvalue weighted by atomic mass is 9.91. The number of para-hydroxylation sites is 1. The third-order valence-electron chi connectivity index (χ3n) is 5.71. The van der Waals surface area contributed by atoms with Gasteiger partial charge in [-0.05, 0) is 30.2 Å². The number of nitrogens with one attached hydrogen (secondary N) is 2. The maximum Gasteiger partial charge on any atom is 0.418 e. The Hall–Kier alpha value is -4.20. The predicted octanol–water partition coefficient (Wildman–Crippen LogP) is 7.07. The highest BCUT2D eigenvalue weighted by molar-refractivity contribution is 6.17. The predicted molar refractivity (Wildman–Crippen MR) is 134 cm³/mol. The molecule has 2 amide bonds. The van der Waals surface area contributed by atoms with Crippen LogP contribution in [-0.4, -0.2) is 23.3 Å². The summed E-state index contributed by atoms with van der Waals surface area (Å²) in [5, 5.41) is 5.69. The van der Waals surface area contributed by atoms with Gasteiger partial charge in [0.25, 0.3) is 0 Å². The van der Waals surface area contributed by atoms with E-state index >= 15 is 0 Å². The molecule has 0 radical (unpaired) electrons. The van der Waals surface area contributed by atoms with Crippen LogP contribution < -0.4 is 10.6 Å². The van der Waals surface area contributed by atoms with Crippen molar-refractivity contribution in [2.24, 2.45) is 0 Å². The molecule has 0 bridgehead atoms. The van der Waals surface area contributed by atoms with E-state index in [1.54, 1.807) is 54.6 Å². The number of benzene rings is 3. The van der Waals surface area contributed by atoms with Crippen LogP contribution in [0.5, 0.6) is 0 Å². The van der Waals surface area contributed by atoms with Crippen molar-refractivity contribution in [3.8, 4) is 11.1 Å². The minimum Gasteiger partial charge on any atom is -0.338 e. The molecule has 4 rings (SSSR count). The number of pyridine rings is 1. The van der Waals surface area contributed by atoms with Crippen molar-refractivity contribution < 1.29 is 22.8 Å². The molecule has 0 fully saturated rings. The zero-order valence-corrected chi connectivity index (χ0v) is 19.5. The molecule has 0 unspecified atom stereocenters. The molecule has 36 heavy (non-hydrogen) atoms. The Morgan fingerprint density at radius 1 is 0.944 bits per heavy atom. The second-order valence-electron chi connectivity index (χ2n) is 8.26. The van der Waals surface area contributed by atoms with E-state index in [1.165, 1.54) is 18.3 Å². The molecule has 2 N–H and O–H groups in total. The topological polar surface area (TPSA) is 71.1 Å². The summed E-state index contributed by atoms with van der Waals surface area (Å²) in [4.78, 5) is 29.8. The summed E-state index contributed by atoms with van der Waals surface area (Å²) in [6.07, 6.45) is -1.65. The van der Waals surface area contributed by atoms with Gasteiger partial charge in [-0.15, -0.1) is 0 Å². The van der Waals surface area contributed by atoms with Gasteiger partial charge in [-0.25, -0.2) is 4.79 Å². The number of unbranched alkanes of at least 4 members (excludes halogenated alkanes) is 1. The van der Waals surface area contributed by atoms with E-state index in [2.05, 4.69) is 15.6 Å². The van der Waals surface area contributed by atoms with Gasteiger partial charge in [0.2, 0.25) is 0 Å². The van der Waals surface area contributed by atoms with Crippen molar-refractivity contribution >= 4 is 28.4 Å². The van der Waals surface area contributed by atoms with E-state index in [0.29, 0.717) is 28.9 Å². The monoisotopic (exact) mass is 491 g/mol. The fraction of sp³-hybridized carbons (Fsp3) is 0.179. The smallest absolute Gasteiger partial charge is 0.338 e. The number of nitrogens with zero attached hydrogens (tertiary/aromatic N) is 1. The highest BCUT2D eigenvalue weighted by atomic mass is 19.4. The van der Waals surface area contributed by atoms with Gasteiger partial charge in [-0.3, -0.25) is 9.78 Å². The molecule has 0 saturated carbocycles. The average molecular weight is 492 g/mol. The molecule has 1 heterocycles. The van der Waals surface area contributed by atoms with Crippen molar-refractivity contribution in [2.45, 2.75) is 25.9 Å². The fourth-order valence-electron chi connectivity index (χ4n) is 3.99.